The number of carbonyl (C=O) groups is 4. The van der Waals surface area contributed by atoms with E-state index in [1.165, 1.54) is 6.92 Å². The molecule has 1 aliphatic rings. The van der Waals surface area contributed by atoms with E-state index >= 15 is 0 Å². The molecule has 0 bridgehead atoms. The van der Waals surface area contributed by atoms with Crippen molar-refractivity contribution in [2.45, 2.75) is 84.3 Å². The topological polar surface area (TPSA) is 95.6 Å². The van der Waals surface area contributed by atoms with Gasteiger partial charge >= 0.3 is 0 Å². The minimum absolute atomic E-state index is 0.0561. The molecule has 1 saturated heterocycles. The first-order chi connectivity index (χ1) is 14.4. The van der Waals surface area contributed by atoms with Gasteiger partial charge in [0.15, 0.2) is 5.78 Å². The van der Waals surface area contributed by atoms with Gasteiger partial charge in [-0.15, -0.1) is 0 Å². The van der Waals surface area contributed by atoms with Crippen molar-refractivity contribution in [1.82, 2.24) is 15.5 Å². The van der Waals surface area contributed by atoms with Gasteiger partial charge in [0.05, 0.1) is 19.7 Å². The van der Waals surface area contributed by atoms with E-state index in [2.05, 4.69) is 10.6 Å². The number of amides is 2. The van der Waals surface area contributed by atoms with Gasteiger partial charge in [-0.25, -0.2) is 0 Å². The molecule has 29 heavy (non-hydrogen) atoms. The number of alkyl halides is 1. The number of halogens is 1. The maximum absolute atomic E-state index is 12.7. The molecule has 0 aromatic heterocycles. The lowest BCUT2D eigenvalue weighted by molar-refractivity contribution is -0.131. The van der Waals surface area contributed by atoms with Crippen LogP contribution in [0.15, 0.2) is 0 Å². The summed E-state index contributed by atoms with van der Waals surface area (Å²) in [5.41, 5.74) is 0. The maximum Gasteiger partial charge on any atom is 0.234 e. The van der Waals surface area contributed by atoms with Crippen LogP contribution in [0.3, 0.4) is 0 Å². The number of ketones is 2. The Bertz CT molecular complexity index is 653. The van der Waals surface area contributed by atoms with Crippen molar-refractivity contribution in [3.05, 3.63) is 0 Å². The Kier molecular flexibility index (Phi) is 10.4. The second kappa shape index (κ2) is 13.3. The summed E-state index contributed by atoms with van der Waals surface area (Å²) in [6, 6.07) is -1.02. The molecule has 2 amide bonds. The number of carbonyl (C=O) groups excluding carboxylic acids is 4. The van der Waals surface area contributed by atoms with E-state index in [0.717, 1.165) is 19.3 Å². The van der Waals surface area contributed by atoms with Gasteiger partial charge < -0.3 is 10.6 Å². The van der Waals surface area contributed by atoms with Crippen LogP contribution in [0.1, 0.15) is 69.0 Å². The van der Waals surface area contributed by atoms with Crippen LogP contribution in [0.2, 0.25) is 0 Å². The van der Waals surface area contributed by atoms with Crippen molar-refractivity contribution >= 4 is 46.0 Å². The van der Waals surface area contributed by atoms with Crippen LogP contribution in [-0.4, -0.2) is 63.9 Å². The summed E-state index contributed by atoms with van der Waals surface area (Å²) in [5, 5.41) is 5.22. The van der Waals surface area contributed by atoms with Crippen molar-refractivity contribution in [1.29, 1.82) is 0 Å². The first-order valence-corrected chi connectivity index (χ1v) is 11.9. The third-order valence-electron chi connectivity index (χ3n) is 5.29. The molecule has 1 fully saturated rings. The third kappa shape index (κ3) is 9.55. The van der Waals surface area contributed by atoms with E-state index in [1.54, 1.807) is 11.8 Å². The van der Waals surface area contributed by atoms with Gasteiger partial charge in [0.25, 0.3) is 0 Å². The zero-order chi connectivity index (χ0) is 23.8. The second-order valence-corrected chi connectivity index (χ2v) is 8.74. The summed E-state index contributed by atoms with van der Waals surface area (Å²) in [5.74, 6) is -1.88. The Balaban J connectivity index is 2.53. The number of hydrogen-bond acceptors (Lipinski definition) is 5. The minimum Gasteiger partial charge on any atom is -0.356 e. The number of rotatable bonds is 12. The molecule has 0 aromatic rings. The molecule has 1 rings (SSSR count). The molecule has 0 aliphatic carbocycles. The molecule has 0 spiro atoms. The Morgan fingerprint density at radius 2 is 1.79 bits per heavy atom. The Labute approximate surface area is 191 Å². The Morgan fingerprint density at radius 3 is 2.38 bits per heavy atom. The summed E-state index contributed by atoms with van der Waals surface area (Å²) in [6.45, 7) is 5.12. The number of hydrogen-bond donors (Lipinski definition) is 2. The van der Waals surface area contributed by atoms with Gasteiger partial charge in [-0.1, -0.05) is 35.9 Å². The highest BCUT2D eigenvalue weighted by Crippen LogP contribution is 2.21. The SMILES string of the molecule is [2H]C([2H])(C(=O)[15NH]C(C)C(=O)CC(C)C(=O)NCCCC(=O)CI)N1C(C)CCCC1C. The number of piperidine rings is 1. The fraction of sp³-hybridized carbons (Fsp3) is 0.810. The number of nitrogens with zero attached hydrogens (tertiary/aromatic N) is 1. The van der Waals surface area contributed by atoms with Gasteiger partial charge in [-0.05, 0) is 40.0 Å². The summed E-state index contributed by atoms with van der Waals surface area (Å²) in [7, 11) is 0. The largest absolute Gasteiger partial charge is 0.356 e. The molecule has 0 aromatic carbocycles. The van der Waals surface area contributed by atoms with Gasteiger partial charge in [-0.3, -0.25) is 24.1 Å². The Morgan fingerprint density at radius 1 is 1.17 bits per heavy atom. The van der Waals surface area contributed by atoms with Gasteiger partial charge in [0.1, 0.15) is 5.78 Å². The van der Waals surface area contributed by atoms with Crippen LogP contribution in [0, 0.1) is 5.92 Å². The lowest BCUT2D eigenvalue weighted by Crippen LogP contribution is -2.51. The molecule has 0 radical (unpaired) electrons. The van der Waals surface area contributed by atoms with Crippen LogP contribution < -0.4 is 10.6 Å². The molecule has 1 aliphatic heterocycles. The molecule has 166 valence electrons. The van der Waals surface area contributed by atoms with Gasteiger partial charge in [0.2, 0.25) is 11.8 Å². The van der Waals surface area contributed by atoms with E-state index in [9.17, 15) is 19.2 Å². The quantitative estimate of drug-likeness (QED) is 0.177. The lowest BCUT2D eigenvalue weighted by Gasteiger charge is -2.38. The number of nitrogens with one attached hydrogen (secondary N) is 2. The van der Waals surface area contributed by atoms with E-state index in [-0.39, 0.29) is 36.0 Å². The fourth-order valence-electron chi connectivity index (χ4n) is 3.38. The van der Waals surface area contributed by atoms with Gasteiger partial charge in [-0.2, -0.15) is 0 Å². The Hall–Kier alpha value is -1.03. The standard InChI is InChI=1S/C21H36IN3O4/c1-14(21(29)23-10-6-9-18(26)12-22)11-19(27)17(4)24-20(28)13-25-15(2)7-5-8-16(25)3/h14-17H,5-13H2,1-4H3,(H,23,29)(H,24,28)/i13D2,24+1. The highest BCUT2D eigenvalue weighted by Gasteiger charge is 2.28. The van der Waals surface area contributed by atoms with Crippen LogP contribution in [0.25, 0.3) is 0 Å². The average molecular weight is 524 g/mol. The predicted octanol–water partition coefficient (Wildman–Crippen LogP) is 2.25. The molecular weight excluding hydrogens is 486 g/mol. The molecule has 4 unspecified atom stereocenters. The van der Waals surface area contributed by atoms with Crippen molar-refractivity contribution in [3.63, 3.8) is 0 Å². The van der Waals surface area contributed by atoms with E-state index in [4.69, 9.17) is 2.74 Å². The highest BCUT2D eigenvalue weighted by molar-refractivity contribution is 14.1. The van der Waals surface area contributed by atoms with E-state index in [0.29, 0.717) is 23.8 Å². The molecule has 0 saturated carbocycles. The van der Waals surface area contributed by atoms with E-state index < -0.39 is 24.4 Å². The molecule has 1 heterocycles. The van der Waals surface area contributed by atoms with Crippen LogP contribution in [0.4, 0.5) is 0 Å². The summed E-state index contributed by atoms with van der Waals surface area (Å²) in [4.78, 5) is 50.2. The zero-order valence-corrected chi connectivity index (χ0v) is 20.1. The summed E-state index contributed by atoms with van der Waals surface area (Å²) >= 11 is 2.01. The lowest BCUT2D eigenvalue weighted by atomic mass is 9.97. The monoisotopic (exact) mass is 524 g/mol. The van der Waals surface area contributed by atoms with Crippen LogP contribution >= 0.6 is 22.6 Å². The smallest absolute Gasteiger partial charge is 0.234 e. The van der Waals surface area contributed by atoms with Crippen molar-refractivity contribution in [2.75, 3.05) is 17.5 Å². The fourth-order valence-corrected chi connectivity index (χ4v) is 3.76. The molecule has 4 atom stereocenters. The first kappa shape index (κ1) is 22.7. The molecule has 2 N–H and O–H groups in total. The normalized spacial score (nSPS) is 23.3. The molecular formula is C21H36IN3O4. The molecule has 7 nitrogen and oxygen atoms in total. The van der Waals surface area contributed by atoms with Crippen LogP contribution in [0.5, 0.6) is 0 Å². The minimum atomic E-state index is -2.22. The number of Topliss-reactive ketones (excluding diaryl/α,β-unsaturated/α-hetero) is 2. The van der Waals surface area contributed by atoms with Gasteiger partial charge in [0, 0.05) is 37.4 Å². The van der Waals surface area contributed by atoms with E-state index in [1.807, 2.05) is 36.4 Å². The van der Waals surface area contributed by atoms with Crippen molar-refractivity contribution in [2.24, 2.45) is 5.92 Å². The predicted molar refractivity (Wildman–Crippen MR) is 122 cm³/mol. The van der Waals surface area contributed by atoms with Crippen molar-refractivity contribution < 1.29 is 21.9 Å². The maximum atomic E-state index is 12.7. The second-order valence-electron chi connectivity index (χ2n) is 7.98. The van der Waals surface area contributed by atoms with Crippen molar-refractivity contribution in [3.8, 4) is 0 Å². The third-order valence-corrected chi connectivity index (χ3v) is 6.14. The van der Waals surface area contributed by atoms with Crippen LogP contribution in [-0.2, 0) is 19.2 Å². The summed E-state index contributed by atoms with van der Waals surface area (Å²) in [6.07, 6.45) is 3.56. The number of likely N-dealkylation sites (tertiary alicyclic amines) is 1. The summed E-state index contributed by atoms with van der Waals surface area (Å²) < 4.78 is 17.2. The first-order valence-electron chi connectivity index (χ1n) is 11.4. The zero-order valence-electron chi connectivity index (χ0n) is 19.9. The molecule has 8 heteroatoms. The average Bonchev–Trinajstić information content (AvgIpc) is 2.70. The highest BCUT2D eigenvalue weighted by atomic mass is 127.